The van der Waals surface area contributed by atoms with E-state index in [2.05, 4.69) is 15.0 Å². The van der Waals surface area contributed by atoms with Gasteiger partial charge in [-0.25, -0.2) is 4.79 Å². The van der Waals surface area contributed by atoms with Crippen molar-refractivity contribution in [1.82, 2.24) is 9.55 Å². The summed E-state index contributed by atoms with van der Waals surface area (Å²) >= 11 is 0. The third-order valence-corrected chi connectivity index (χ3v) is 5.35. The van der Waals surface area contributed by atoms with Crippen LogP contribution < -0.4 is 11.2 Å². The lowest BCUT2D eigenvalue weighted by Crippen LogP contribution is -2.33. The number of aromatic amines is 1. The van der Waals surface area contributed by atoms with Gasteiger partial charge in [-0.3, -0.25) is 24.5 Å². The summed E-state index contributed by atoms with van der Waals surface area (Å²) in [5.74, 6) is 0. The molecule has 0 aliphatic carbocycles. The lowest BCUT2D eigenvalue weighted by molar-refractivity contribution is -0.385. The van der Waals surface area contributed by atoms with E-state index in [4.69, 9.17) is 19.7 Å². The fourth-order valence-corrected chi connectivity index (χ4v) is 3.62. The van der Waals surface area contributed by atoms with Gasteiger partial charge in [0.2, 0.25) is 0 Å². The first kappa shape index (κ1) is 25.1. The number of nitrogens with one attached hydrogen (secondary N) is 1. The van der Waals surface area contributed by atoms with Crippen molar-refractivity contribution in [1.29, 1.82) is 0 Å². The van der Waals surface area contributed by atoms with E-state index in [1.807, 2.05) is 0 Å². The average Bonchev–Trinajstić information content (AvgIpc) is 3.22. The molecular weight excluding hydrogens is 452 g/mol. The maximum Gasteiger partial charge on any atom is 0.330 e. The second kappa shape index (κ2) is 11.5. The topological polar surface area (TPSA) is 195 Å². The van der Waals surface area contributed by atoms with Crippen molar-refractivity contribution >= 4 is 5.69 Å². The molecule has 0 unspecified atom stereocenters. The van der Waals surface area contributed by atoms with E-state index in [1.54, 1.807) is 13.0 Å². The Morgan fingerprint density at radius 3 is 2.94 bits per heavy atom. The van der Waals surface area contributed by atoms with Gasteiger partial charge in [-0.05, 0) is 24.1 Å². The summed E-state index contributed by atoms with van der Waals surface area (Å²) in [6.45, 7) is 1.25. The molecule has 3 rings (SSSR count). The number of azide groups is 1. The Hall–Kier alpha value is -3.55. The van der Waals surface area contributed by atoms with E-state index < -0.39 is 34.6 Å². The SMILES string of the molecule is Cc1cn([C@H]2C[C@H](OCOCCc3cc(CN=[N+]=[N-])ccc3[N+](=O)[O-])[C@@H](CO)O2)c(=O)[nH]c1=O. The van der Waals surface area contributed by atoms with Gasteiger partial charge in [0.1, 0.15) is 19.1 Å². The minimum Gasteiger partial charge on any atom is -0.394 e. The number of aromatic nitrogens is 2. The van der Waals surface area contributed by atoms with Crippen LogP contribution in [-0.2, 0) is 27.2 Å². The Kier molecular flexibility index (Phi) is 8.51. The predicted octanol–water partition coefficient (Wildman–Crippen LogP) is 1.45. The maximum atomic E-state index is 12.1. The first-order chi connectivity index (χ1) is 16.3. The van der Waals surface area contributed by atoms with Gasteiger partial charge in [-0.2, -0.15) is 0 Å². The zero-order chi connectivity index (χ0) is 24.7. The third kappa shape index (κ3) is 6.07. The molecule has 14 nitrogen and oxygen atoms in total. The molecule has 2 heterocycles. The van der Waals surface area contributed by atoms with Gasteiger partial charge in [0, 0.05) is 41.1 Å². The van der Waals surface area contributed by atoms with Crippen molar-refractivity contribution in [3.63, 3.8) is 0 Å². The fourth-order valence-electron chi connectivity index (χ4n) is 3.62. The maximum absolute atomic E-state index is 12.1. The standard InChI is InChI=1S/C20H24N6O8/c1-12-9-25(20(29)23-19(12)28)18-7-16(17(10-27)34-18)33-11-32-5-4-14-6-13(8-22-24-21)2-3-15(14)26(30)31/h2-3,6,9,16-18,27H,4-5,7-8,10-11H2,1H3,(H,23,28,29)/t16-,17+,18+/m0/s1. The molecule has 0 bridgehead atoms. The predicted molar refractivity (Wildman–Crippen MR) is 117 cm³/mol. The van der Waals surface area contributed by atoms with Crippen LogP contribution in [0.2, 0.25) is 0 Å². The minimum absolute atomic E-state index is 0.0665. The summed E-state index contributed by atoms with van der Waals surface area (Å²) in [7, 11) is 0. The third-order valence-electron chi connectivity index (χ3n) is 5.35. The van der Waals surface area contributed by atoms with E-state index in [9.17, 15) is 24.8 Å². The van der Waals surface area contributed by atoms with Gasteiger partial charge in [-0.15, -0.1) is 0 Å². The van der Waals surface area contributed by atoms with E-state index in [-0.39, 0.29) is 45.1 Å². The second-order valence-corrected chi connectivity index (χ2v) is 7.62. The van der Waals surface area contributed by atoms with Crippen LogP contribution in [0.4, 0.5) is 5.69 Å². The average molecular weight is 476 g/mol. The summed E-state index contributed by atoms with van der Waals surface area (Å²) in [4.78, 5) is 39.3. The molecule has 1 aromatic carbocycles. The normalized spacial score (nSPS) is 19.6. The summed E-state index contributed by atoms with van der Waals surface area (Å²) in [6.07, 6.45) is -0.147. The highest BCUT2D eigenvalue weighted by molar-refractivity contribution is 5.43. The molecule has 1 aliphatic heterocycles. The molecule has 2 aromatic rings. The van der Waals surface area contributed by atoms with Gasteiger partial charge in [-0.1, -0.05) is 11.2 Å². The Balaban J connectivity index is 1.55. The van der Waals surface area contributed by atoms with Crippen molar-refractivity contribution in [2.24, 2.45) is 5.11 Å². The Morgan fingerprint density at radius 2 is 2.24 bits per heavy atom. The molecule has 182 valence electrons. The number of aliphatic hydroxyl groups excluding tert-OH is 1. The number of H-pyrrole nitrogens is 1. The van der Waals surface area contributed by atoms with Crippen LogP contribution in [0.1, 0.15) is 29.3 Å². The van der Waals surface area contributed by atoms with Gasteiger partial charge >= 0.3 is 5.69 Å². The molecule has 14 heteroatoms. The number of nitro groups is 1. The molecule has 34 heavy (non-hydrogen) atoms. The van der Waals surface area contributed by atoms with Gasteiger partial charge in [0.05, 0.1) is 30.8 Å². The number of aliphatic hydroxyl groups is 1. The number of ether oxygens (including phenoxy) is 3. The van der Waals surface area contributed by atoms with Crippen LogP contribution in [0, 0.1) is 17.0 Å². The smallest absolute Gasteiger partial charge is 0.330 e. The van der Waals surface area contributed by atoms with Crippen molar-refractivity contribution in [2.45, 2.75) is 44.7 Å². The zero-order valence-corrected chi connectivity index (χ0v) is 18.3. The minimum atomic E-state index is -0.730. The molecule has 0 radical (unpaired) electrons. The molecular formula is C20H24N6O8. The lowest BCUT2D eigenvalue weighted by Gasteiger charge is -2.16. The fraction of sp³-hybridized carbons (Fsp3) is 0.500. The Labute approximate surface area is 192 Å². The number of nitrogens with zero attached hydrogens (tertiary/aromatic N) is 5. The van der Waals surface area contributed by atoms with Gasteiger partial charge in [0.15, 0.2) is 0 Å². The summed E-state index contributed by atoms with van der Waals surface area (Å²) < 4.78 is 18.1. The van der Waals surface area contributed by atoms with E-state index in [0.717, 1.165) is 0 Å². The number of aryl methyl sites for hydroxylation is 1. The molecule has 1 aliphatic rings. The second-order valence-electron chi connectivity index (χ2n) is 7.62. The highest BCUT2D eigenvalue weighted by Crippen LogP contribution is 2.29. The lowest BCUT2D eigenvalue weighted by atomic mass is 10.1. The number of nitro benzene ring substituents is 1. The Bertz CT molecular complexity index is 1190. The molecule has 1 aromatic heterocycles. The molecule has 3 atom stereocenters. The van der Waals surface area contributed by atoms with Crippen LogP contribution in [-0.4, -0.2) is 51.8 Å². The molecule has 1 saturated heterocycles. The molecule has 0 amide bonds. The van der Waals surface area contributed by atoms with Gasteiger partial charge < -0.3 is 19.3 Å². The van der Waals surface area contributed by atoms with Crippen LogP contribution in [0.25, 0.3) is 10.4 Å². The quantitative estimate of drug-likeness (QED) is 0.0924. The molecule has 2 N–H and O–H groups in total. The summed E-state index contributed by atoms with van der Waals surface area (Å²) in [6, 6.07) is 4.48. The largest absolute Gasteiger partial charge is 0.394 e. The van der Waals surface area contributed by atoms with E-state index in [0.29, 0.717) is 16.7 Å². The molecule has 0 spiro atoms. The molecule has 1 fully saturated rings. The number of hydrogen-bond acceptors (Lipinski definition) is 9. The first-order valence-corrected chi connectivity index (χ1v) is 10.4. The zero-order valence-electron chi connectivity index (χ0n) is 18.3. The Morgan fingerprint density at radius 1 is 1.44 bits per heavy atom. The highest BCUT2D eigenvalue weighted by Gasteiger charge is 2.37. The van der Waals surface area contributed by atoms with Crippen molar-refractivity contribution in [3.8, 4) is 0 Å². The van der Waals surface area contributed by atoms with Crippen LogP contribution >= 0.6 is 0 Å². The van der Waals surface area contributed by atoms with Crippen molar-refractivity contribution in [2.75, 3.05) is 20.0 Å². The van der Waals surface area contributed by atoms with Crippen LogP contribution in [0.15, 0.2) is 39.1 Å². The van der Waals surface area contributed by atoms with Crippen molar-refractivity contribution < 1.29 is 24.2 Å². The first-order valence-electron chi connectivity index (χ1n) is 10.4. The number of hydrogen-bond donors (Lipinski definition) is 2. The molecule has 0 saturated carbocycles. The van der Waals surface area contributed by atoms with E-state index in [1.165, 1.54) is 22.9 Å². The summed E-state index contributed by atoms with van der Waals surface area (Å²) in [5.41, 5.74) is 8.68. The van der Waals surface area contributed by atoms with Crippen LogP contribution in [0.3, 0.4) is 0 Å². The number of benzene rings is 1. The highest BCUT2D eigenvalue weighted by atomic mass is 16.7. The van der Waals surface area contributed by atoms with E-state index >= 15 is 0 Å². The van der Waals surface area contributed by atoms with Gasteiger partial charge in [0.25, 0.3) is 11.2 Å². The van der Waals surface area contributed by atoms with Crippen molar-refractivity contribution in [3.05, 3.63) is 82.5 Å². The monoisotopic (exact) mass is 476 g/mol. The number of rotatable bonds is 11. The summed E-state index contributed by atoms with van der Waals surface area (Å²) in [5, 5.41) is 24.3. The van der Waals surface area contributed by atoms with Crippen LogP contribution in [0.5, 0.6) is 0 Å².